The van der Waals surface area contributed by atoms with Gasteiger partial charge in [0.05, 0.1) is 5.69 Å². The van der Waals surface area contributed by atoms with Crippen LogP contribution in [0.3, 0.4) is 0 Å². The molecule has 0 aliphatic carbocycles. The summed E-state index contributed by atoms with van der Waals surface area (Å²) in [4.78, 5) is 0. The summed E-state index contributed by atoms with van der Waals surface area (Å²) in [6, 6.07) is 2.07. The van der Waals surface area contributed by atoms with Crippen LogP contribution < -0.4 is 5.32 Å². The van der Waals surface area contributed by atoms with Gasteiger partial charge in [-0.25, -0.2) is 0 Å². The average molecular weight is 369 g/mol. The SMILES string of the molecule is C=CCn1c(SCc2ccn(CC)n2)nnc1C1CCNCC1.Cl. The van der Waals surface area contributed by atoms with E-state index in [1.165, 1.54) is 0 Å². The number of hydrogen-bond acceptors (Lipinski definition) is 5. The largest absolute Gasteiger partial charge is 0.317 e. The Morgan fingerprint density at radius 2 is 2.17 bits per heavy atom. The second-order valence-electron chi connectivity index (χ2n) is 5.72. The summed E-state index contributed by atoms with van der Waals surface area (Å²) < 4.78 is 4.16. The minimum Gasteiger partial charge on any atom is -0.317 e. The Hall–Kier alpha value is -1.31. The molecule has 0 saturated carbocycles. The second-order valence-corrected chi connectivity index (χ2v) is 6.66. The number of aryl methyl sites for hydroxylation is 1. The van der Waals surface area contributed by atoms with Crippen molar-refractivity contribution >= 4 is 24.2 Å². The Kier molecular flexibility index (Phi) is 7.33. The van der Waals surface area contributed by atoms with Crippen molar-refractivity contribution in [2.24, 2.45) is 0 Å². The molecule has 0 radical (unpaired) electrons. The normalized spacial score (nSPS) is 15.2. The summed E-state index contributed by atoms with van der Waals surface area (Å²) in [6.07, 6.45) is 6.19. The summed E-state index contributed by atoms with van der Waals surface area (Å²) in [6.45, 7) is 9.75. The number of rotatable bonds is 7. The van der Waals surface area contributed by atoms with Crippen molar-refractivity contribution in [3.63, 3.8) is 0 Å². The number of nitrogens with zero attached hydrogens (tertiary/aromatic N) is 5. The lowest BCUT2D eigenvalue weighted by Crippen LogP contribution is -2.28. The highest BCUT2D eigenvalue weighted by atomic mass is 35.5. The molecule has 1 N–H and O–H groups in total. The maximum Gasteiger partial charge on any atom is 0.191 e. The Balaban J connectivity index is 0.00000208. The second kappa shape index (κ2) is 9.25. The smallest absolute Gasteiger partial charge is 0.191 e. The standard InChI is InChI=1S/C16H24N6S.ClH/c1-3-10-22-15(13-5-8-17-9-6-13)18-19-16(22)23-12-14-7-11-21(4-2)20-14;/h3,7,11,13,17H,1,4-6,8-10,12H2,2H3;1H. The molecular weight excluding hydrogens is 344 g/mol. The minimum absolute atomic E-state index is 0. The first-order valence-electron chi connectivity index (χ1n) is 8.21. The van der Waals surface area contributed by atoms with E-state index in [0.717, 1.165) is 61.4 Å². The number of allylic oxidation sites excluding steroid dienone is 1. The molecule has 1 saturated heterocycles. The zero-order chi connectivity index (χ0) is 16.1. The highest BCUT2D eigenvalue weighted by molar-refractivity contribution is 7.98. The van der Waals surface area contributed by atoms with Crippen molar-refractivity contribution in [3.05, 3.63) is 36.4 Å². The van der Waals surface area contributed by atoms with E-state index in [1.54, 1.807) is 11.8 Å². The van der Waals surface area contributed by atoms with Gasteiger partial charge in [-0.05, 0) is 38.9 Å². The molecule has 6 nitrogen and oxygen atoms in total. The molecule has 1 aliphatic rings. The van der Waals surface area contributed by atoms with E-state index in [4.69, 9.17) is 0 Å². The van der Waals surface area contributed by atoms with Gasteiger partial charge < -0.3 is 9.88 Å². The molecule has 0 bridgehead atoms. The zero-order valence-electron chi connectivity index (χ0n) is 14.0. The number of halogens is 1. The fourth-order valence-corrected chi connectivity index (χ4v) is 3.74. The van der Waals surface area contributed by atoms with Gasteiger partial charge in [0.2, 0.25) is 0 Å². The van der Waals surface area contributed by atoms with Crippen LogP contribution in [-0.2, 0) is 18.8 Å². The van der Waals surface area contributed by atoms with Gasteiger partial charge in [0.25, 0.3) is 0 Å². The highest BCUT2D eigenvalue weighted by Crippen LogP contribution is 2.28. The summed E-state index contributed by atoms with van der Waals surface area (Å²) in [5, 5.41) is 17.8. The fraction of sp³-hybridized carbons (Fsp3) is 0.562. The van der Waals surface area contributed by atoms with Crippen LogP contribution in [0.2, 0.25) is 0 Å². The molecule has 2 aromatic rings. The first kappa shape index (κ1) is 19.0. The van der Waals surface area contributed by atoms with Gasteiger partial charge in [-0.15, -0.1) is 29.2 Å². The lowest BCUT2D eigenvalue weighted by Gasteiger charge is -2.22. The quantitative estimate of drug-likeness (QED) is 0.601. The van der Waals surface area contributed by atoms with Crippen LogP contribution in [0.1, 0.15) is 37.2 Å². The third-order valence-electron chi connectivity index (χ3n) is 4.13. The van der Waals surface area contributed by atoms with Crippen molar-refractivity contribution < 1.29 is 0 Å². The van der Waals surface area contributed by atoms with Gasteiger partial charge in [0, 0.05) is 31.0 Å². The number of nitrogens with one attached hydrogen (secondary N) is 1. The number of piperidine rings is 1. The molecule has 8 heteroatoms. The van der Waals surface area contributed by atoms with Crippen LogP contribution in [0, 0.1) is 0 Å². The molecule has 0 atom stereocenters. The predicted octanol–water partition coefficient (Wildman–Crippen LogP) is 2.86. The summed E-state index contributed by atoms with van der Waals surface area (Å²) in [5.41, 5.74) is 1.08. The van der Waals surface area contributed by atoms with Gasteiger partial charge in [0.1, 0.15) is 5.82 Å². The van der Waals surface area contributed by atoms with E-state index in [2.05, 4.69) is 44.7 Å². The van der Waals surface area contributed by atoms with Crippen molar-refractivity contribution in [2.45, 2.75) is 49.7 Å². The van der Waals surface area contributed by atoms with Crippen LogP contribution in [0.4, 0.5) is 0 Å². The Labute approximate surface area is 153 Å². The molecule has 24 heavy (non-hydrogen) atoms. The maximum atomic E-state index is 4.53. The van der Waals surface area contributed by atoms with Crippen LogP contribution in [0.5, 0.6) is 0 Å². The van der Waals surface area contributed by atoms with Crippen molar-refractivity contribution in [3.8, 4) is 0 Å². The van der Waals surface area contributed by atoms with E-state index in [-0.39, 0.29) is 12.4 Å². The summed E-state index contributed by atoms with van der Waals surface area (Å²) in [7, 11) is 0. The third kappa shape index (κ3) is 4.40. The Bertz CT molecular complexity index is 647. The molecule has 0 spiro atoms. The van der Waals surface area contributed by atoms with E-state index >= 15 is 0 Å². The van der Waals surface area contributed by atoms with Crippen LogP contribution in [0.15, 0.2) is 30.1 Å². The number of thioether (sulfide) groups is 1. The van der Waals surface area contributed by atoms with Crippen molar-refractivity contribution in [2.75, 3.05) is 13.1 Å². The Morgan fingerprint density at radius 3 is 2.83 bits per heavy atom. The average Bonchev–Trinajstić information content (AvgIpc) is 3.21. The van der Waals surface area contributed by atoms with Gasteiger partial charge in [-0.2, -0.15) is 5.10 Å². The predicted molar refractivity (Wildman–Crippen MR) is 99.8 cm³/mol. The van der Waals surface area contributed by atoms with Crippen LogP contribution >= 0.6 is 24.2 Å². The molecule has 0 amide bonds. The molecule has 1 aliphatic heterocycles. The minimum atomic E-state index is 0. The summed E-state index contributed by atoms with van der Waals surface area (Å²) >= 11 is 1.70. The topological polar surface area (TPSA) is 60.6 Å². The highest BCUT2D eigenvalue weighted by Gasteiger charge is 2.22. The van der Waals surface area contributed by atoms with Crippen molar-refractivity contribution in [1.82, 2.24) is 29.9 Å². The molecule has 1 fully saturated rings. The van der Waals surface area contributed by atoms with Gasteiger partial charge in [-0.1, -0.05) is 17.8 Å². The molecular formula is C16H25ClN6S. The molecule has 3 rings (SSSR count). The molecule has 0 unspecified atom stereocenters. The van der Waals surface area contributed by atoms with E-state index in [9.17, 15) is 0 Å². The zero-order valence-corrected chi connectivity index (χ0v) is 15.7. The summed E-state index contributed by atoms with van der Waals surface area (Å²) in [5.74, 6) is 2.42. The van der Waals surface area contributed by atoms with Crippen LogP contribution in [0.25, 0.3) is 0 Å². The van der Waals surface area contributed by atoms with Gasteiger partial charge in [0.15, 0.2) is 5.16 Å². The van der Waals surface area contributed by atoms with Gasteiger partial charge >= 0.3 is 0 Å². The lowest BCUT2D eigenvalue weighted by atomic mass is 9.97. The van der Waals surface area contributed by atoms with E-state index in [1.807, 2.05) is 17.0 Å². The molecule has 2 aromatic heterocycles. The van der Waals surface area contributed by atoms with Crippen molar-refractivity contribution in [1.29, 1.82) is 0 Å². The van der Waals surface area contributed by atoms with Gasteiger partial charge in [-0.3, -0.25) is 4.68 Å². The molecule has 0 aromatic carbocycles. The monoisotopic (exact) mass is 368 g/mol. The third-order valence-corrected chi connectivity index (χ3v) is 5.13. The number of hydrogen-bond donors (Lipinski definition) is 1. The van der Waals surface area contributed by atoms with Crippen LogP contribution in [-0.4, -0.2) is 37.6 Å². The molecule has 132 valence electrons. The fourth-order valence-electron chi connectivity index (χ4n) is 2.88. The lowest BCUT2D eigenvalue weighted by molar-refractivity contribution is 0.431. The van der Waals surface area contributed by atoms with E-state index in [0.29, 0.717) is 5.92 Å². The van der Waals surface area contributed by atoms with E-state index < -0.39 is 0 Å². The molecule has 3 heterocycles. The first-order chi connectivity index (χ1) is 11.3. The first-order valence-corrected chi connectivity index (χ1v) is 9.20. The maximum absolute atomic E-state index is 4.53. The number of aromatic nitrogens is 5. The Morgan fingerprint density at radius 1 is 1.38 bits per heavy atom.